The highest BCUT2D eigenvalue weighted by molar-refractivity contribution is 8.00. The van der Waals surface area contributed by atoms with E-state index in [1.54, 1.807) is 0 Å². The SMILES string of the molecule is NC1(CCC2CCCS2)CC1. The highest BCUT2D eigenvalue weighted by Gasteiger charge is 2.38. The Balaban J connectivity index is 1.65. The zero-order valence-electron chi connectivity index (χ0n) is 7.01. The van der Waals surface area contributed by atoms with Gasteiger partial charge in [0.25, 0.3) is 0 Å². The molecule has 1 saturated heterocycles. The van der Waals surface area contributed by atoms with Gasteiger partial charge < -0.3 is 5.73 Å². The molecule has 0 aromatic heterocycles. The molecule has 2 fully saturated rings. The van der Waals surface area contributed by atoms with Gasteiger partial charge in [0.1, 0.15) is 0 Å². The molecule has 0 radical (unpaired) electrons. The van der Waals surface area contributed by atoms with Crippen molar-refractivity contribution in [3.8, 4) is 0 Å². The summed E-state index contributed by atoms with van der Waals surface area (Å²) in [7, 11) is 0. The van der Waals surface area contributed by atoms with E-state index in [4.69, 9.17) is 5.73 Å². The van der Waals surface area contributed by atoms with Gasteiger partial charge >= 0.3 is 0 Å². The smallest absolute Gasteiger partial charge is 0.0156 e. The van der Waals surface area contributed by atoms with E-state index in [9.17, 15) is 0 Å². The maximum Gasteiger partial charge on any atom is 0.0156 e. The molecule has 0 aromatic carbocycles. The van der Waals surface area contributed by atoms with E-state index in [0.717, 1.165) is 5.25 Å². The minimum absolute atomic E-state index is 0.295. The van der Waals surface area contributed by atoms with Gasteiger partial charge in [0.15, 0.2) is 0 Å². The molecule has 1 aliphatic heterocycles. The molecule has 2 heteroatoms. The van der Waals surface area contributed by atoms with Crippen molar-refractivity contribution in [3.05, 3.63) is 0 Å². The second-order valence-electron chi connectivity index (χ2n) is 4.04. The molecule has 1 atom stereocenters. The largest absolute Gasteiger partial charge is 0.325 e. The molecule has 1 heterocycles. The standard InChI is InChI=1S/C9H17NS/c10-9(5-6-9)4-3-8-2-1-7-11-8/h8H,1-7,10H2. The van der Waals surface area contributed by atoms with E-state index in [1.807, 2.05) is 0 Å². The number of hydrogen-bond donors (Lipinski definition) is 1. The summed E-state index contributed by atoms with van der Waals surface area (Å²) in [4.78, 5) is 0. The Morgan fingerprint density at radius 1 is 1.45 bits per heavy atom. The molecule has 1 saturated carbocycles. The van der Waals surface area contributed by atoms with Gasteiger partial charge in [-0.1, -0.05) is 0 Å². The fourth-order valence-corrected chi connectivity index (χ4v) is 3.02. The van der Waals surface area contributed by atoms with Crippen molar-refractivity contribution in [2.75, 3.05) is 5.75 Å². The molecule has 2 aliphatic rings. The van der Waals surface area contributed by atoms with Crippen molar-refractivity contribution in [2.24, 2.45) is 5.73 Å². The maximum atomic E-state index is 6.02. The third-order valence-corrected chi connectivity index (χ3v) is 4.35. The molecule has 11 heavy (non-hydrogen) atoms. The molecule has 0 spiro atoms. The van der Waals surface area contributed by atoms with Crippen molar-refractivity contribution in [3.63, 3.8) is 0 Å². The third-order valence-electron chi connectivity index (χ3n) is 2.88. The second-order valence-corrected chi connectivity index (χ2v) is 5.44. The summed E-state index contributed by atoms with van der Waals surface area (Å²) < 4.78 is 0. The van der Waals surface area contributed by atoms with Crippen LogP contribution < -0.4 is 5.73 Å². The molecule has 2 rings (SSSR count). The lowest BCUT2D eigenvalue weighted by atomic mass is 10.1. The predicted molar refractivity (Wildman–Crippen MR) is 50.9 cm³/mol. The Kier molecular flexibility index (Phi) is 2.15. The number of hydrogen-bond acceptors (Lipinski definition) is 2. The van der Waals surface area contributed by atoms with E-state index >= 15 is 0 Å². The molecule has 2 N–H and O–H groups in total. The second kappa shape index (κ2) is 2.98. The van der Waals surface area contributed by atoms with Crippen LogP contribution in [0.25, 0.3) is 0 Å². The average molecular weight is 171 g/mol. The number of nitrogens with two attached hydrogens (primary N) is 1. The van der Waals surface area contributed by atoms with Gasteiger partial charge in [0, 0.05) is 10.8 Å². The first-order chi connectivity index (χ1) is 5.29. The van der Waals surface area contributed by atoms with E-state index in [0.29, 0.717) is 5.54 Å². The van der Waals surface area contributed by atoms with Crippen molar-refractivity contribution in [1.29, 1.82) is 0 Å². The Labute approximate surface area is 73.1 Å². The van der Waals surface area contributed by atoms with Crippen molar-refractivity contribution < 1.29 is 0 Å². The molecule has 1 aliphatic carbocycles. The third kappa shape index (κ3) is 2.12. The molecule has 0 bridgehead atoms. The first-order valence-electron chi connectivity index (χ1n) is 4.69. The van der Waals surface area contributed by atoms with Crippen LogP contribution in [0.15, 0.2) is 0 Å². The molecule has 0 aromatic rings. The summed E-state index contributed by atoms with van der Waals surface area (Å²) in [5.41, 5.74) is 6.31. The number of rotatable bonds is 3. The quantitative estimate of drug-likeness (QED) is 0.704. The normalized spacial score (nSPS) is 34.1. The van der Waals surface area contributed by atoms with Crippen LogP contribution in [0.5, 0.6) is 0 Å². The lowest BCUT2D eigenvalue weighted by Gasteiger charge is -2.11. The summed E-state index contributed by atoms with van der Waals surface area (Å²) in [6.07, 6.45) is 8.11. The van der Waals surface area contributed by atoms with E-state index in [2.05, 4.69) is 11.8 Å². The molecular weight excluding hydrogens is 154 g/mol. The zero-order valence-corrected chi connectivity index (χ0v) is 7.83. The molecule has 1 unspecified atom stereocenters. The first kappa shape index (κ1) is 7.93. The molecule has 1 nitrogen and oxygen atoms in total. The maximum absolute atomic E-state index is 6.02. The Hall–Kier alpha value is 0.310. The topological polar surface area (TPSA) is 26.0 Å². The van der Waals surface area contributed by atoms with Crippen molar-refractivity contribution in [2.45, 2.75) is 49.3 Å². The summed E-state index contributed by atoms with van der Waals surface area (Å²) in [5.74, 6) is 1.39. The van der Waals surface area contributed by atoms with Crippen LogP contribution in [0.1, 0.15) is 38.5 Å². The van der Waals surface area contributed by atoms with Crippen LogP contribution in [-0.4, -0.2) is 16.5 Å². The van der Waals surface area contributed by atoms with Gasteiger partial charge in [0.05, 0.1) is 0 Å². The molecule has 64 valence electrons. The highest BCUT2D eigenvalue weighted by atomic mass is 32.2. The van der Waals surface area contributed by atoms with Crippen molar-refractivity contribution in [1.82, 2.24) is 0 Å². The minimum atomic E-state index is 0.295. The van der Waals surface area contributed by atoms with Crippen molar-refractivity contribution >= 4 is 11.8 Å². The van der Waals surface area contributed by atoms with E-state index in [-0.39, 0.29) is 0 Å². The number of thioether (sulfide) groups is 1. The van der Waals surface area contributed by atoms with Crippen LogP contribution >= 0.6 is 11.8 Å². The van der Waals surface area contributed by atoms with Crippen LogP contribution in [0.3, 0.4) is 0 Å². The fraction of sp³-hybridized carbons (Fsp3) is 1.00. The fourth-order valence-electron chi connectivity index (χ4n) is 1.73. The van der Waals surface area contributed by atoms with Gasteiger partial charge in [-0.15, -0.1) is 0 Å². The molecular formula is C9H17NS. The van der Waals surface area contributed by atoms with Gasteiger partial charge in [-0.05, 0) is 44.3 Å². The highest BCUT2D eigenvalue weighted by Crippen LogP contribution is 2.39. The predicted octanol–water partition coefficient (Wildman–Crippen LogP) is 2.15. The van der Waals surface area contributed by atoms with E-state index < -0.39 is 0 Å². The zero-order chi connectivity index (χ0) is 7.73. The van der Waals surface area contributed by atoms with Gasteiger partial charge in [-0.25, -0.2) is 0 Å². The Morgan fingerprint density at radius 2 is 2.27 bits per heavy atom. The van der Waals surface area contributed by atoms with E-state index in [1.165, 1.54) is 44.3 Å². The van der Waals surface area contributed by atoms with Crippen LogP contribution in [0.4, 0.5) is 0 Å². The summed E-state index contributed by atoms with van der Waals surface area (Å²) in [5, 5.41) is 0.955. The summed E-state index contributed by atoms with van der Waals surface area (Å²) in [6, 6.07) is 0. The van der Waals surface area contributed by atoms with Crippen LogP contribution in [-0.2, 0) is 0 Å². The monoisotopic (exact) mass is 171 g/mol. The summed E-state index contributed by atoms with van der Waals surface area (Å²) >= 11 is 2.16. The van der Waals surface area contributed by atoms with Gasteiger partial charge in [-0.3, -0.25) is 0 Å². The van der Waals surface area contributed by atoms with Gasteiger partial charge in [-0.2, -0.15) is 11.8 Å². The van der Waals surface area contributed by atoms with Crippen LogP contribution in [0.2, 0.25) is 0 Å². The molecule has 0 amide bonds. The Morgan fingerprint density at radius 3 is 2.82 bits per heavy atom. The summed E-state index contributed by atoms with van der Waals surface area (Å²) in [6.45, 7) is 0. The lowest BCUT2D eigenvalue weighted by Crippen LogP contribution is -2.22. The Bertz CT molecular complexity index is 136. The van der Waals surface area contributed by atoms with Crippen LogP contribution in [0, 0.1) is 0 Å². The first-order valence-corrected chi connectivity index (χ1v) is 5.74. The lowest BCUT2D eigenvalue weighted by molar-refractivity contribution is 0.557. The van der Waals surface area contributed by atoms with Gasteiger partial charge in [0.2, 0.25) is 0 Å². The minimum Gasteiger partial charge on any atom is -0.325 e. The average Bonchev–Trinajstić information content (AvgIpc) is 2.53.